The number of nitrogens with zero attached hydrogens (tertiary/aromatic N) is 2. The van der Waals surface area contributed by atoms with Crippen LogP contribution in [-0.2, 0) is 11.2 Å². The third kappa shape index (κ3) is 5.80. The molecule has 0 bridgehead atoms. The van der Waals surface area contributed by atoms with E-state index >= 15 is 0 Å². The highest BCUT2D eigenvalue weighted by molar-refractivity contribution is 6.30. The topological polar surface area (TPSA) is 35.6 Å². The van der Waals surface area contributed by atoms with Crippen LogP contribution in [0.25, 0.3) is 0 Å². The lowest BCUT2D eigenvalue weighted by atomic mass is 10.0. The van der Waals surface area contributed by atoms with Crippen molar-refractivity contribution in [1.29, 1.82) is 0 Å². The smallest absolute Gasteiger partial charge is 0.224 e. The molecule has 1 atom stereocenters. The van der Waals surface area contributed by atoms with Gasteiger partial charge in [0, 0.05) is 37.7 Å². The van der Waals surface area contributed by atoms with Crippen LogP contribution >= 0.6 is 11.6 Å². The predicted molar refractivity (Wildman–Crippen MR) is 111 cm³/mol. The molecular formula is C22H28ClN3O. The lowest BCUT2D eigenvalue weighted by Gasteiger charge is -2.39. The van der Waals surface area contributed by atoms with Crippen molar-refractivity contribution in [2.45, 2.75) is 19.4 Å². The Labute approximate surface area is 167 Å². The Morgan fingerprint density at radius 2 is 1.70 bits per heavy atom. The van der Waals surface area contributed by atoms with E-state index < -0.39 is 0 Å². The fourth-order valence-corrected chi connectivity index (χ4v) is 3.71. The first-order valence-corrected chi connectivity index (χ1v) is 10.1. The molecule has 1 aliphatic heterocycles. The van der Waals surface area contributed by atoms with Crippen molar-refractivity contribution in [3.63, 3.8) is 0 Å². The maximum atomic E-state index is 12.4. The largest absolute Gasteiger partial charge is 0.354 e. The van der Waals surface area contributed by atoms with Gasteiger partial charge in [0.25, 0.3) is 0 Å². The average Bonchev–Trinajstić information content (AvgIpc) is 2.71. The number of carbonyl (C=O) groups excluding carboxylic acids is 1. The standard InChI is InChI=1S/C22H28ClN3O/c1-2-25-12-14-26(15-13-25)21(19-6-4-3-5-7-19)17-24-22(27)16-18-8-10-20(23)11-9-18/h3-11,21H,2,12-17H2,1H3,(H,24,27). The highest BCUT2D eigenvalue weighted by Crippen LogP contribution is 2.21. The number of nitrogens with one attached hydrogen (secondary N) is 1. The summed E-state index contributed by atoms with van der Waals surface area (Å²) in [6.07, 6.45) is 0.377. The summed E-state index contributed by atoms with van der Waals surface area (Å²) >= 11 is 5.92. The molecule has 27 heavy (non-hydrogen) atoms. The quantitative estimate of drug-likeness (QED) is 0.793. The molecule has 1 aliphatic rings. The van der Waals surface area contributed by atoms with Gasteiger partial charge in [-0.25, -0.2) is 0 Å². The molecule has 1 fully saturated rings. The van der Waals surface area contributed by atoms with Crippen LogP contribution in [0.2, 0.25) is 5.02 Å². The third-order valence-corrected chi connectivity index (χ3v) is 5.50. The predicted octanol–water partition coefficient (Wildman–Crippen LogP) is 3.38. The first-order chi connectivity index (χ1) is 13.2. The summed E-state index contributed by atoms with van der Waals surface area (Å²) in [5.74, 6) is 0.0467. The van der Waals surface area contributed by atoms with Crippen LogP contribution in [-0.4, -0.2) is 55.0 Å². The summed E-state index contributed by atoms with van der Waals surface area (Å²) < 4.78 is 0. The maximum Gasteiger partial charge on any atom is 0.224 e. The summed E-state index contributed by atoms with van der Waals surface area (Å²) in [7, 11) is 0. The number of halogens is 1. The molecule has 1 amide bonds. The van der Waals surface area contributed by atoms with Crippen molar-refractivity contribution in [1.82, 2.24) is 15.1 Å². The minimum Gasteiger partial charge on any atom is -0.354 e. The molecule has 4 nitrogen and oxygen atoms in total. The number of carbonyl (C=O) groups is 1. The van der Waals surface area contributed by atoms with Gasteiger partial charge in [0.05, 0.1) is 12.5 Å². The second-order valence-corrected chi connectivity index (χ2v) is 7.44. The van der Waals surface area contributed by atoms with Gasteiger partial charge in [-0.05, 0) is 29.8 Å². The van der Waals surface area contributed by atoms with Gasteiger partial charge in [-0.3, -0.25) is 9.69 Å². The molecule has 0 radical (unpaired) electrons. The van der Waals surface area contributed by atoms with Crippen LogP contribution in [0.5, 0.6) is 0 Å². The first kappa shape index (κ1) is 19.9. The van der Waals surface area contributed by atoms with E-state index in [1.54, 1.807) is 0 Å². The van der Waals surface area contributed by atoms with Crippen molar-refractivity contribution < 1.29 is 4.79 Å². The highest BCUT2D eigenvalue weighted by Gasteiger charge is 2.24. The zero-order chi connectivity index (χ0) is 19.1. The first-order valence-electron chi connectivity index (χ1n) is 9.68. The van der Waals surface area contributed by atoms with Gasteiger partial charge in [-0.1, -0.05) is 61.0 Å². The van der Waals surface area contributed by atoms with Crippen molar-refractivity contribution in [2.75, 3.05) is 39.3 Å². The van der Waals surface area contributed by atoms with Crippen LogP contribution in [0.15, 0.2) is 54.6 Å². The Hall–Kier alpha value is -1.88. The van der Waals surface area contributed by atoms with Gasteiger partial charge in [0.15, 0.2) is 0 Å². The van der Waals surface area contributed by atoms with Gasteiger partial charge >= 0.3 is 0 Å². The van der Waals surface area contributed by atoms with Gasteiger partial charge in [0.1, 0.15) is 0 Å². The van der Waals surface area contributed by atoms with E-state index in [4.69, 9.17) is 11.6 Å². The van der Waals surface area contributed by atoms with Crippen molar-refractivity contribution >= 4 is 17.5 Å². The van der Waals surface area contributed by atoms with Crippen LogP contribution in [0, 0.1) is 0 Å². The summed E-state index contributed by atoms with van der Waals surface area (Å²) in [4.78, 5) is 17.4. The zero-order valence-corrected chi connectivity index (χ0v) is 16.7. The molecule has 1 N–H and O–H groups in total. The molecule has 1 heterocycles. The maximum absolute atomic E-state index is 12.4. The van der Waals surface area contributed by atoms with Gasteiger partial charge in [0.2, 0.25) is 5.91 Å². The second kappa shape index (κ2) is 9.88. The average molecular weight is 386 g/mol. The number of likely N-dealkylation sites (N-methyl/N-ethyl adjacent to an activating group) is 1. The van der Waals surface area contributed by atoms with Gasteiger partial charge < -0.3 is 10.2 Å². The number of amides is 1. The summed E-state index contributed by atoms with van der Waals surface area (Å²) in [5.41, 5.74) is 2.24. The van der Waals surface area contributed by atoms with Crippen LogP contribution < -0.4 is 5.32 Å². The van der Waals surface area contributed by atoms with Crippen LogP contribution in [0.3, 0.4) is 0 Å². The highest BCUT2D eigenvalue weighted by atomic mass is 35.5. The fourth-order valence-electron chi connectivity index (χ4n) is 3.58. The second-order valence-electron chi connectivity index (χ2n) is 7.00. The minimum absolute atomic E-state index is 0.0467. The fraction of sp³-hybridized carbons (Fsp3) is 0.409. The number of hydrogen-bond donors (Lipinski definition) is 1. The van der Waals surface area contributed by atoms with E-state index in [-0.39, 0.29) is 11.9 Å². The van der Waals surface area contributed by atoms with Crippen molar-refractivity contribution in [3.05, 3.63) is 70.7 Å². The Balaban J connectivity index is 1.61. The van der Waals surface area contributed by atoms with E-state index in [0.717, 1.165) is 38.3 Å². The third-order valence-electron chi connectivity index (χ3n) is 5.25. The number of benzene rings is 2. The zero-order valence-electron chi connectivity index (χ0n) is 15.9. The Bertz CT molecular complexity index is 712. The molecule has 5 heteroatoms. The molecule has 2 aromatic rings. The molecule has 1 saturated heterocycles. The Kier molecular flexibility index (Phi) is 7.27. The molecule has 0 aliphatic carbocycles. The van der Waals surface area contributed by atoms with Crippen molar-refractivity contribution in [3.8, 4) is 0 Å². The van der Waals surface area contributed by atoms with Crippen LogP contribution in [0.1, 0.15) is 24.1 Å². The molecule has 144 valence electrons. The number of piperazine rings is 1. The molecule has 1 unspecified atom stereocenters. The van der Waals surface area contributed by atoms with E-state index in [9.17, 15) is 4.79 Å². The molecule has 0 saturated carbocycles. The van der Waals surface area contributed by atoms with Gasteiger partial charge in [-0.15, -0.1) is 0 Å². The Morgan fingerprint density at radius 3 is 2.33 bits per heavy atom. The van der Waals surface area contributed by atoms with E-state index in [1.807, 2.05) is 30.3 Å². The molecule has 3 rings (SSSR count). The summed E-state index contributed by atoms with van der Waals surface area (Å²) in [5, 5.41) is 3.83. The molecule has 0 aromatic heterocycles. The van der Waals surface area contributed by atoms with E-state index in [2.05, 4.69) is 46.3 Å². The normalized spacial score (nSPS) is 16.8. The summed E-state index contributed by atoms with van der Waals surface area (Å²) in [6, 6.07) is 18.1. The van der Waals surface area contributed by atoms with E-state index in [0.29, 0.717) is 18.0 Å². The van der Waals surface area contributed by atoms with Crippen LogP contribution in [0.4, 0.5) is 0 Å². The van der Waals surface area contributed by atoms with Gasteiger partial charge in [-0.2, -0.15) is 0 Å². The lowest BCUT2D eigenvalue weighted by Crippen LogP contribution is -2.49. The summed E-state index contributed by atoms with van der Waals surface area (Å²) in [6.45, 7) is 8.16. The Morgan fingerprint density at radius 1 is 1.04 bits per heavy atom. The molecule has 0 spiro atoms. The number of rotatable bonds is 7. The molecular weight excluding hydrogens is 358 g/mol. The van der Waals surface area contributed by atoms with Crippen molar-refractivity contribution in [2.24, 2.45) is 0 Å². The lowest BCUT2D eigenvalue weighted by molar-refractivity contribution is -0.120. The minimum atomic E-state index is 0.0467. The SMILES string of the molecule is CCN1CCN(C(CNC(=O)Cc2ccc(Cl)cc2)c2ccccc2)CC1. The molecule has 2 aromatic carbocycles. The number of hydrogen-bond acceptors (Lipinski definition) is 3. The van der Waals surface area contributed by atoms with E-state index in [1.165, 1.54) is 5.56 Å². The monoisotopic (exact) mass is 385 g/mol.